The molecule has 2 aromatic carbocycles. The van der Waals surface area contributed by atoms with Crippen LogP contribution in [0.2, 0.25) is 0 Å². The molecule has 31 heavy (non-hydrogen) atoms. The van der Waals surface area contributed by atoms with Gasteiger partial charge in [-0.2, -0.15) is 5.10 Å². The molecule has 1 aliphatic heterocycles. The first-order chi connectivity index (χ1) is 14.9. The summed E-state index contributed by atoms with van der Waals surface area (Å²) in [4.78, 5) is 27.5. The van der Waals surface area contributed by atoms with Gasteiger partial charge in [-0.25, -0.2) is 4.39 Å². The molecule has 2 heterocycles. The summed E-state index contributed by atoms with van der Waals surface area (Å²) in [7, 11) is 0. The van der Waals surface area contributed by atoms with E-state index in [1.807, 2.05) is 24.3 Å². The van der Waals surface area contributed by atoms with Crippen molar-refractivity contribution in [2.75, 3.05) is 16.8 Å². The van der Waals surface area contributed by atoms with E-state index in [1.165, 1.54) is 24.3 Å². The molecule has 7 heteroatoms. The summed E-state index contributed by atoms with van der Waals surface area (Å²) in [6.07, 6.45) is 2.36. The average Bonchev–Trinajstić information content (AvgIpc) is 3.21. The number of aromatic amines is 1. The Balaban J connectivity index is 1.58. The van der Waals surface area contributed by atoms with Crippen LogP contribution in [0.15, 0.2) is 48.5 Å². The monoisotopic (exact) mass is 420 g/mol. The average molecular weight is 420 g/mol. The molecule has 4 rings (SSSR count). The number of benzene rings is 2. The summed E-state index contributed by atoms with van der Waals surface area (Å²) in [6, 6.07) is 12.8. The molecule has 0 saturated carbocycles. The Morgan fingerprint density at radius 2 is 1.97 bits per heavy atom. The van der Waals surface area contributed by atoms with E-state index in [2.05, 4.69) is 29.4 Å². The molecule has 6 nitrogen and oxygen atoms in total. The maximum absolute atomic E-state index is 13.2. The zero-order valence-electron chi connectivity index (χ0n) is 17.6. The molecule has 0 saturated heterocycles. The normalized spacial score (nSPS) is 13.2. The summed E-state index contributed by atoms with van der Waals surface area (Å²) in [5.74, 6) is -0.402. The molecule has 0 radical (unpaired) electrons. The second-order valence-corrected chi connectivity index (χ2v) is 8.20. The third-order valence-corrected chi connectivity index (χ3v) is 5.33. The smallest absolute Gasteiger partial charge is 0.278 e. The number of carbonyl (C=O) groups excluding carboxylic acids is 2. The number of amides is 2. The van der Waals surface area contributed by atoms with Crippen LogP contribution < -0.4 is 10.2 Å². The van der Waals surface area contributed by atoms with Crippen molar-refractivity contribution in [2.45, 2.75) is 33.1 Å². The quantitative estimate of drug-likeness (QED) is 0.634. The van der Waals surface area contributed by atoms with Crippen LogP contribution in [-0.2, 0) is 12.8 Å². The highest BCUT2D eigenvalue weighted by molar-refractivity contribution is 6.08. The highest BCUT2D eigenvalue weighted by Crippen LogP contribution is 2.34. The van der Waals surface area contributed by atoms with Crippen LogP contribution in [-0.4, -0.2) is 28.6 Å². The number of rotatable bonds is 5. The number of H-pyrrole nitrogens is 1. The van der Waals surface area contributed by atoms with Gasteiger partial charge in [0.2, 0.25) is 0 Å². The third-order valence-electron chi connectivity index (χ3n) is 5.33. The number of nitrogens with one attached hydrogen (secondary N) is 2. The van der Waals surface area contributed by atoms with Gasteiger partial charge in [-0.3, -0.25) is 14.7 Å². The van der Waals surface area contributed by atoms with Gasteiger partial charge in [-0.05, 0) is 73.2 Å². The van der Waals surface area contributed by atoms with E-state index in [9.17, 15) is 14.0 Å². The van der Waals surface area contributed by atoms with E-state index in [-0.39, 0.29) is 11.8 Å². The number of aromatic nitrogens is 2. The predicted octanol–water partition coefficient (Wildman–Crippen LogP) is 4.59. The Kier molecular flexibility index (Phi) is 5.84. The Labute approximate surface area is 180 Å². The highest BCUT2D eigenvalue weighted by atomic mass is 19.1. The van der Waals surface area contributed by atoms with E-state index in [1.54, 1.807) is 4.90 Å². The first kappa shape index (κ1) is 20.8. The number of hydrogen-bond acceptors (Lipinski definition) is 3. The maximum atomic E-state index is 13.2. The van der Waals surface area contributed by atoms with Crippen LogP contribution in [0.5, 0.6) is 0 Å². The molecule has 2 amide bonds. The van der Waals surface area contributed by atoms with Crippen LogP contribution in [0.4, 0.5) is 15.8 Å². The van der Waals surface area contributed by atoms with Gasteiger partial charge < -0.3 is 10.2 Å². The van der Waals surface area contributed by atoms with Crippen molar-refractivity contribution < 1.29 is 14.0 Å². The van der Waals surface area contributed by atoms with Gasteiger partial charge >= 0.3 is 0 Å². The fourth-order valence-corrected chi connectivity index (χ4v) is 3.90. The van der Waals surface area contributed by atoms with Crippen LogP contribution in [0.25, 0.3) is 0 Å². The molecular formula is C24H25FN4O2. The molecule has 0 bridgehead atoms. The molecule has 1 aromatic heterocycles. The highest BCUT2D eigenvalue weighted by Gasteiger charge is 2.27. The van der Waals surface area contributed by atoms with Crippen molar-refractivity contribution in [2.24, 2.45) is 5.92 Å². The summed E-state index contributed by atoms with van der Waals surface area (Å²) >= 11 is 0. The van der Waals surface area contributed by atoms with Crippen molar-refractivity contribution in [1.29, 1.82) is 0 Å². The molecule has 0 atom stereocenters. The van der Waals surface area contributed by atoms with Crippen LogP contribution >= 0.6 is 0 Å². The molecular weight excluding hydrogens is 395 g/mol. The third kappa shape index (κ3) is 4.50. The van der Waals surface area contributed by atoms with Crippen LogP contribution in [0.1, 0.15) is 52.4 Å². The van der Waals surface area contributed by atoms with Crippen molar-refractivity contribution in [1.82, 2.24) is 10.2 Å². The minimum atomic E-state index is -0.391. The number of nitrogens with zero attached hydrogens (tertiary/aromatic N) is 2. The van der Waals surface area contributed by atoms with Gasteiger partial charge in [0.25, 0.3) is 11.8 Å². The molecule has 0 unspecified atom stereocenters. The van der Waals surface area contributed by atoms with E-state index in [0.717, 1.165) is 36.2 Å². The Hall–Kier alpha value is -3.48. The predicted molar refractivity (Wildman–Crippen MR) is 118 cm³/mol. The van der Waals surface area contributed by atoms with Crippen molar-refractivity contribution >= 4 is 23.2 Å². The Bertz CT molecular complexity index is 1110. The Morgan fingerprint density at radius 3 is 2.71 bits per heavy atom. The fraction of sp³-hybridized carbons (Fsp3) is 0.292. The lowest BCUT2D eigenvalue weighted by atomic mass is 9.99. The zero-order chi connectivity index (χ0) is 22.0. The van der Waals surface area contributed by atoms with Gasteiger partial charge in [0, 0.05) is 29.2 Å². The molecule has 3 aromatic rings. The molecule has 0 fully saturated rings. The SMILES string of the molecule is CC(C)Cc1cc(C(=O)N2CCCc3c(NC(=O)c4ccc(F)cc4)cccc32)n[nH]1. The number of fused-ring (bicyclic) bond motifs is 1. The summed E-state index contributed by atoms with van der Waals surface area (Å²) in [6.45, 7) is 4.82. The van der Waals surface area contributed by atoms with Crippen molar-refractivity contribution in [3.8, 4) is 0 Å². The van der Waals surface area contributed by atoms with Gasteiger partial charge in [0.1, 0.15) is 5.82 Å². The lowest BCUT2D eigenvalue weighted by Crippen LogP contribution is -2.36. The lowest BCUT2D eigenvalue weighted by Gasteiger charge is -2.30. The standard InChI is InChI=1S/C24H25FN4O2/c1-15(2)13-18-14-21(28-27-18)24(31)29-12-4-5-19-20(6-3-7-22(19)29)26-23(30)16-8-10-17(25)11-9-16/h3,6-11,14-15H,4-5,12-13H2,1-2H3,(H,26,30)(H,27,28). The topological polar surface area (TPSA) is 78.1 Å². The second-order valence-electron chi connectivity index (χ2n) is 8.20. The first-order valence-electron chi connectivity index (χ1n) is 10.5. The zero-order valence-corrected chi connectivity index (χ0v) is 17.6. The largest absolute Gasteiger partial charge is 0.322 e. The van der Waals surface area contributed by atoms with Gasteiger partial charge in [0.05, 0.1) is 0 Å². The fourth-order valence-electron chi connectivity index (χ4n) is 3.90. The Morgan fingerprint density at radius 1 is 1.19 bits per heavy atom. The van der Waals surface area contributed by atoms with E-state index >= 15 is 0 Å². The minimum Gasteiger partial charge on any atom is -0.322 e. The minimum absolute atomic E-state index is 0.158. The van der Waals surface area contributed by atoms with E-state index in [0.29, 0.717) is 29.4 Å². The first-order valence-corrected chi connectivity index (χ1v) is 10.5. The van der Waals surface area contributed by atoms with Gasteiger partial charge in [0.15, 0.2) is 5.69 Å². The summed E-state index contributed by atoms with van der Waals surface area (Å²) in [5.41, 5.74) is 4.06. The van der Waals surface area contributed by atoms with Crippen LogP contribution in [0, 0.1) is 11.7 Å². The van der Waals surface area contributed by atoms with Crippen molar-refractivity contribution in [3.05, 3.63) is 76.9 Å². The van der Waals surface area contributed by atoms with E-state index in [4.69, 9.17) is 0 Å². The van der Waals surface area contributed by atoms with E-state index < -0.39 is 5.82 Å². The summed E-state index contributed by atoms with van der Waals surface area (Å²) in [5, 5.41) is 10.1. The van der Waals surface area contributed by atoms with Gasteiger partial charge in [-0.15, -0.1) is 0 Å². The molecule has 2 N–H and O–H groups in total. The van der Waals surface area contributed by atoms with Crippen LogP contribution in [0.3, 0.4) is 0 Å². The maximum Gasteiger partial charge on any atom is 0.278 e. The summed E-state index contributed by atoms with van der Waals surface area (Å²) < 4.78 is 13.1. The van der Waals surface area contributed by atoms with Crippen molar-refractivity contribution in [3.63, 3.8) is 0 Å². The molecule has 0 aliphatic carbocycles. The van der Waals surface area contributed by atoms with Gasteiger partial charge in [-0.1, -0.05) is 19.9 Å². The molecule has 0 spiro atoms. The number of hydrogen-bond donors (Lipinski definition) is 2. The number of anilines is 2. The lowest BCUT2D eigenvalue weighted by molar-refractivity contribution is 0.0979. The number of carbonyl (C=O) groups is 2. The number of halogens is 1. The second kappa shape index (κ2) is 8.71. The molecule has 160 valence electrons. The molecule has 1 aliphatic rings.